The molecule has 172 valence electrons. The third-order valence-corrected chi connectivity index (χ3v) is 7.35. The summed E-state index contributed by atoms with van der Waals surface area (Å²) < 4.78 is 0. The first kappa shape index (κ1) is 24.7. The van der Waals surface area contributed by atoms with Gasteiger partial charge in [0.1, 0.15) is 6.04 Å². The van der Waals surface area contributed by atoms with Gasteiger partial charge in [-0.1, -0.05) is 55.6 Å². The number of hydrogen-bond donors (Lipinski definition) is 1. The van der Waals surface area contributed by atoms with Crippen LogP contribution in [0.15, 0.2) is 53.4 Å². The van der Waals surface area contributed by atoms with E-state index in [1.807, 2.05) is 62.4 Å². The van der Waals surface area contributed by atoms with E-state index < -0.39 is 6.04 Å². The zero-order valence-corrected chi connectivity index (χ0v) is 20.6. The highest BCUT2D eigenvalue weighted by Crippen LogP contribution is 2.23. The Balaban J connectivity index is 1.70. The number of nitrogens with one attached hydrogen (secondary N) is 1. The van der Waals surface area contributed by atoms with E-state index in [0.29, 0.717) is 30.2 Å². The van der Waals surface area contributed by atoms with Gasteiger partial charge >= 0.3 is 0 Å². The topological polar surface area (TPSA) is 49.4 Å². The van der Waals surface area contributed by atoms with Crippen LogP contribution in [0.5, 0.6) is 0 Å². The molecule has 1 atom stereocenters. The molecular formula is C26H33ClN2O2S. The standard InChI is InChI=1S/C26H33ClN2O2S/c1-3-24(26(31)28-22-10-6-7-11-22)29(18-20-9-5-4-8-19(20)2)25(30)16-17-32-23-14-12-21(27)13-15-23/h4-5,8-9,12-15,22,24H,3,6-7,10-11,16-18H2,1-2H3,(H,28,31)/t24-/m0/s1. The van der Waals surface area contributed by atoms with Crippen LogP contribution in [0.3, 0.4) is 0 Å². The van der Waals surface area contributed by atoms with Gasteiger partial charge in [-0.3, -0.25) is 9.59 Å². The lowest BCUT2D eigenvalue weighted by Gasteiger charge is -2.32. The summed E-state index contributed by atoms with van der Waals surface area (Å²) in [6.45, 7) is 4.49. The van der Waals surface area contributed by atoms with Crippen molar-refractivity contribution in [3.8, 4) is 0 Å². The van der Waals surface area contributed by atoms with Crippen molar-refractivity contribution in [2.24, 2.45) is 0 Å². The number of thioether (sulfide) groups is 1. The summed E-state index contributed by atoms with van der Waals surface area (Å²) in [5, 5.41) is 3.90. The quantitative estimate of drug-likeness (QED) is 0.431. The highest BCUT2D eigenvalue weighted by atomic mass is 35.5. The number of rotatable bonds is 10. The summed E-state index contributed by atoms with van der Waals surface area (Å²) >= 11 is 7.59. The average Bonchev–Trinajstić information content (AvgIpc) is 3.29. The second-order valence-electron chi connectivity index (χ2n) is 8.41. The van der Waals surface area contributed by atoms with Crippen molar-refractivity contribution >= 4 is 35.2 Å². The summed E-state index contributed by atoms with van der Waals surface area (Å²) in [6, 6.07) is 15.5. The van der Waals surface area contributed by atoms with Crippen LogP contribution in [0.25, 0.3) is 0 Å². The SMILES string of the molecule is CC[C@@H](C(=O)NC1CCCC1)N(Cc1ccccc1C)C(=O)CCSc1ccc(Cl)cc1. The number of nitrogens with zero attached hydrogens (tertiary/aromatic N) is 1. The molecule has 6 heteroatoms. The van der Waals surface area contributed by atoms with Crippen LogP contribution in [0.4, 0.5) is 0 Å². The van der Waals surface area contributed by atoms with E-state index in [-0.39, 0.29) is 17.9 Å². The molecule has 0 heterocycles. The minimum Gasteiger partial charge on any atom is -0.352 e. The Kier molecular flexibility index (Phi) is 9.49. The predicted molar refractivity (Wildman–Crippen MR) is 133 cm³/mol. The summed E-state index contributed by atoms with van der Waals surface area (Å²) in [5.41, 5.74) is 2.21. The molecule has 0 radical (unpaired) electrons. The van der Waals surface area contributed by atoms with E-state index >= 15 is 0 Å². The molecule has 0 bridgehead atoms. The molecule has 1 saturated carbocycles. The molecule has 0 saturated heterocycles. The number of carbonyl (C=O) groups excluding carboxylic acids is 2. The highest BCUT2D eigenvalue weighted by molar-refractivity contribution is 7.99. The van der Waals surface area contributed by atoms with Gasteiger partial charge in [0, 0.05) is 34.7 Å². The number of benzene rings is 2. The Hall–Kier alpha value is -1.98. The molecule has 2 aromatic rings. The van der Waals surface area contributed by atoms with Crippen molar-refractivity contribution in [3.63, 3.8) is 0 Å². The van der Waals surface area contributed by atoms with E-state index in [2.05, 4.69) is 5.32 Å². The molecule has 3 rings (SSSR count). The second-order valence-corrected chi connectivity index (χ2v) is 10.0. The molecule has 0 unspecified atom stereocenters. The molecule has 32 heavy (non-hydrogen) atoms. The lowest BCUT2D eigenvalue weighted by Crippen LogP contribution is -2.51. The van der Waals surface area contributed by atoms with Gasteiger partial charge in [-0.2, -0.15) is 0 Å². The van der Waals surface area contributed by atoms with Crippen molar-refractivity contribution in [2.75, 3.05) is 5.75 Å². The Bertz CT molecular complexity index is 897. The molecule has 1 aliphatic rings. The maximum Gasteiger partial charge on any atom is 0.243 e. The first-order chi connectivity index (χ1) is 15.5. The normalized spacial score (nSPS) is 14.8. The molecule has 1 fully saturated rings. The van der Waals surface area contributed by atoms with Gasteiger partial charge < -0.3 is 10.2 Å². The van der Waals surface area contributed by atoms with Gasteiger partial charge in [0.05, 0.1) is 0 Å². The third kappa shape index (κ3) is 7.01. The smallest absolute Gasteiger partial charge is 0.243 e. The van der Waals surface area contributed by atoms with E-state index in [9.17, 15) is 9.59 Å². The molecular weight excluding hydrogens is 440 g/mol. The Morgan fingerprint density at radius 2 is 1.81 bits per heavy atom. The number of aryl methyl sites for hydroxylation is 1. The number of hydrogen-bond acceptors (Lipinski definition) is 3. The molecule has 2 amide bonds. The molecule has 0 aliphatic heterocycles. The van der Waals surface area contributed by atoms with Crippen molar-refractivity contribution < 1.29 is 9.59 Å². The van der Waals surface area contributed by atoms with E-state index in [4.69, 9.17) is 11.6 Å². The van der Waals surface area contributed by atoms with Crippen LogP contribution in [-0.4, -0.2) is 34.6 Å². The molecule has 0 spiro atoms. The van der Waals surface area contributed by atoms with Crippen LogP contribution in [-0.2, 0) is 16.1 Å². The fourth-order valence-electron chi connectivity index (χ4n) is 4.19. The fourth-order valence-corrected chi connectivity index (χ4v) is 5.16. The minimum atomic E-state index is -0.455. The lowest BCUT2D eigenvalue weighted by molar-refractivity contribution is -0.141. The number of carbonyl (C=O) groups is 2. The number of halogens is 1. The van der Waals surface area contributed by atoms with Crippen molar-refractivity contribution in [2.45, 2.75) is 75.9 Å². The molecule has 0 aromatic heterocycles. The predicted octanol–water partition coefficient (Wildman–Crippen LogP) is 6.00. The summed E-state index contributed by atoms with van der Waals surface area (Å²) in [6.07, 6.45) is 5.37. The monoisotopic (exact) mass is 472 g/mol. The summed E-state index contributed by atoms with van der Waals surface area (Å²) in [4.78, 5) is 29.4. The second kappa shape index (κ2) is 12.3. The van der Waals surface area contributed by atoms with Crippen LogP contribution in [0.1, 0.15) is 56.6 Å². The highest BCUT2D eigenvalue weighted by Gasteiger charge is 2.30. The summed E-state index contributed by atoms with van der Waals surface area (Å²) in [7, 11) is 0. The molecule has 2 aromatic carbocycles. The van der Waals surface area contributed by atoms with Crippen LogP contribution < -0.4 is 5.32 Å². The van der Waals surface area contributed by atoms with E-state index in [0.717, 1.165) is 41.7 Å². The van der Waals surface area contributed by atoms with Gasteiger partial charge in [0.2, 0.25) is 11.8 Å². The van der Waals surface area contributed by atoms with Crippen LogP contribution in [0, 0.1) is 6.92 Å². The Morgan fingerprint density at radius 3 is 2.47 bits per heavy atom. The van der Waals surface area contributed by atoms with Gasteiger partial charge in [0.15, 0.2) is 0 Å². The summed E-state index contributed by atoms with van der Waals surface area (Å²) in [5.74, 6) is 0.653. The van der Waals surface area contributed by atoms with Crippen molar-refractivity contribution in [3.05, 3.63) is 64.7 Å². The van der Waals surface area contributed by atoms with Gasteiger partial charge in [-0.15, -0.1) is 11.8 Å². The zero-order chi connectivity index (χ0) is 22.9. The molecule has 1 aliphatic carbocycles. The first-order valence-electron chi connectivity index (χ1n) is 11.5. The fraction of sp³-hybridized carbons (Fsp3) is 0.462. The Morgan fingerprint density at radius 1 is 1.12 bits per heavy atom. The zero-order valence-electron chi connectivity index (χ0n) is 19.0. The van der Waals surface area contributed by atoms with Crippen LogP contribution in [0.2, 0.25) is 5.02 Å². The van der Waals surface area contributed by atoms with Crippen LogP contribution >= 0.6 is 23.4 Å². The molecule has 4 nitrogen and oxygen atoms in total. The maximum absolute atomic E-state index is 13.4. The maximum atomic E-state index is 13.4. The van der Waals surface area contributed by atoms with Crippen molar-refractivity contribution in [1.29, 1.82) is 0 Å². The minimum absolute atomic E-state index is 0.0168. The number of amides is 2. The van der Waals surface area contributed by atoms with Gasteiger partial charge in [0.25, 0.3) is 0 Å². The van der Waals surface area contributed by atoms with Crippen molar-refractivity contribution in [1.82, 2.24) is 10.2 Å². The average molecular weight is 473 g/mol. The van der Waals surface area contributed by atoms with E-state index in [1.54, 1.807) is 16.7 Å². The van der Waals surface area contributed by atoms with Gasteiger partial charge in [-0.25, -0.2) is 0 Å². The third-order valence-electron chi connectivity index (χ3n) is 6.09. The molecule has 1 N–H and O–H groups in total. The lowest BCUT2D eigenvalue weighted by atomic mass is 10.1. The van der Waals surface area contributed by atoms with Gasteiger partial charge in [-0.05, 0) is 61.6 Å². The Labute approximate surface area is 201 Å². The first-order valence-corrected chi connectivity index (χ1v) is 12.9. The van der Waals surface area contributed by atoms with E-state index in [1.165, 1.54) is 0 Å². The largest absolute Gasteiger partial charge is 0.352 e.